The van der Waals surface area contributed by atoms with Crippen LogP contribution in [0.2, 0.25) is 0 Å². The molecule has 2 atom stereocenters. The van der Waals surface area contributed by atoms with E-state index in [1.807, 2.05) is 6.07 Å². The monoisotopic (exact) mass is 327 g/mol. The molecule has 5 heteroatoms. The molecule has 106 valence electrons. The molecule has 0 spiro atoms. The summed E-state index contributed by atoms with van der Waals surface area (Å²) < 4.78 is 0.821. The predicted molar refractivity (Wildman–Crippen MR) is 80.4 cm³/mol. The van der Waals surface area contributed by atoms with E-state index >= 15 is 0 Å². The van der Waals surface area contributed by atoms with Crippen molar-refractivity contribution in [3.63, 3.8) is 0 Å². The molecule has 0 bridgehead atoms. The summed E-state index contributed by atoms with van der Waals surface area (Å²) in [5.74, 6) is 2.07. The van der Waals surface area contributed by atoms with Gasteiger partial charge in [-0.3, -0.25) is 0 Å². The molecule has 2 rings (SSSR count). The second kappa shape index (κ2) is 5.37. The van der Waals surface area contributed by atoms with Crippen molar-refractivity contribution in [2.45, 2.75) is 45.6 Å². The van der Waals surface area contributed by atoms with Crippen LogP contribution in [0.5, 0.6) is 0 Å². The van der Waals surface area contributed by atoms with E-state index in [2.05, 4.69) is 53.5 Å². The molecule has 0 saturated carbocycles. The third kappa shape index (κ3) is 3.45. The third-order valence-electron chi connectivity index (χ3n) is 3.54. The van der Waals surface area contributed by atoms with E-state index in [-0.39, 0.29) is 17.4 Å². The van der Waals surface area contributed by atoms with Gasteiger partial charge in [-0.2, -0.15) is 0 Å². The van der Waals surface area contributed by atoms with Crippen LogP contribution in [-0.4, -0.2) is 34.3 Å². The van der Waals surface area contributed by atoms with Gasteiger partial charge in [0.25, 0.3) is 0 Å². The Balaban J connectivity index is 2.28. The van der Waals surface area contributed by atoms with Crippen LogP contribution in [0.25, 0.3) is 0 Å². The van der Waals surface area contributed by atoms with Gasteiger partial charge in [0.05, 0.1) is 6.10 Å². The molecule has 1 aliphatic heterocycles. The Hall–Kier alpha value is -0.680. The maximum Gasteiger partial charge on any atom is 0.137 e. The van der Waals surface area contributed by atoms with Gasteiger partial charge in [0, 0.05) is 24.6 Å². The summed E-state index contributed by atoms with van der Waals surface area (Å²) in [4.78, 5) is 11.4. The molecule has 0 aromatic carbocycles. The smallest absolute Gasteiger partial charge is 0.137 e. The van der Waals surface area contributed by atoms with Crippen LogP contribution in [-0.2, 0) is 5.41 Å². The number of hydrogen-bond donors (Lipinski definition) is 1. The zero-order valence-corrected chi connectivity index (χ0v) is 13.6. The van der Waals surface area contributed by atoms with E-state index in [0.29, 0.717) is 0 Å². The Morgan fingerprint density at radius 2 is 2.05 bits per heavy atom. The number of piperidine rings is 1. The Bertz CT molecular complexity index is 458. The summed E-state index contributed by atoms with van der Waals surface area (Å²) in [6, 6.07) is 1.96. The zero-order chi connectivity index (χ0) is 14.2. The SMILES string of the molecule is CC1CN(c2cc(Br)nc(C(C)(C)C)n2)CCC1O. The topological polar surface area (TPSA) is 49.2 Å². The molecule has 1 aliphatic rings. The van der Waals surface area contributed by atoms with Crippen molar-refractivity contribution in [3.8, 4) is 0 Å². The molecule has 1 fully saturated rings. The van der Waals surface area contributed by atoms with Gasteiger partial charge in [0.15, 0.2) is 0 Å². The molecule has 1 aromatic heterocycles. The summed E-state index contributed by atoms with van der Waals surface area (Å²) in [7, 11) is 0. The van der Waals surface area contributed by atoms with Crippen LogP contribution in [0, 0.1) is 5.92 Å². The van der Waals surface area contributed by atoms with Crippen LogP contribution in [0.1, 0.15) is 39.9 Å². The quantitative estimate of drug-likeness (QED) is 0.806. The van der Waals surface area contributed by atoms with E-state index in [1.165, 1.54) is 0 Å². The Kier molecular flexibility index (Phi) is 4.16. The van der Waals surface area contributed by atoms with Gasteiger partial charge in [-0.1, -0.05) is 27.7 Å². The Morgan fingerprint density at radius 3 is 2.63 bits per heavy atom. The van der Waals surface area contributed by atoms with Crippen molar-refractivity contribution < 1.29 is 5.11 Å². The Labute approximate surface area is 123 Å². The maximum atomic E-state index is 9.81. The number of aliphatic hydroxyl groups is 1. The van der Waals surface area contributed by atoms with Crippen molar-refractivity contribution >= 4 is 21.7 Å². The fourth-order valence-electron chi connectivity index (χ4n) is 2.24. The summed E-state index contributed by atoms with van der Waals surface area (Å²) in [6.07, 6.45) is 0.608. The molecule has 1 aromatic rings. The molecule has 19 heavy (non-hydrogen) atoms. The van der Waals surface area contributed by atoms with Crippen molar-refractivity contribution in [1.82, 2.24) is 9.97 Å². The third-order valence-corrected chi connectivity index (χ3v) is 3.94. The lowest BCUT2D eigenvalue weighted by molar-refractivity contribution is 0.0968. The highest BCUT2D eigenvalue weighted by Crippen LogP contribution is 2.27. The van der Waals surface area contributed by atoms with Crippen LogP contribution >= 0.6 is 15.9 Å². The first kappa shape index (κ1) is 14.7. The van der Waals surface area contributed by atoms with E-state index < -0.39 is 0 Å². The lowest BCUT2D eigenvalue weighted by Crippen LogP contribution is -2.42. The molecule has 0 amide bonds. The van der Waals surface area contributed by atoms with E-state index in [9.17, 15) is 5.11 Å². The molecule has 1 N–H and O–H groups in total. The Morgan fingerprint density at radius 1 is 1.37 bits per heavy atom. The number of rotatable bonds is 1. The molecule has 0 radical (unpaired) electrons. The zero-order valence-electron chi connectivity index (χ0n) is 12.0. The number of nitrogens with zero attached hydrogens (tertiary/aromatic N) is 3. The van der Waals surface area contributed by atoms with Gasteiger partial charge in [-0.25, -0.2) is 9.97 Å². The largest absolute Gasteiger partial charge is 0.393 e. The normalized spacial score (nSPS) is 24.6. The highest BCUT2D eigenvalue weighted by atomic mass is 79.9. The molecule has 0 aliphatic carbocycles. The second-order valence-corrected chi connectivity index (χ2v) is 7.21. The second-order valence-electron chi connectivity index (χ2n) is 6.40. The highest BCUT2D eigenvalue weighted by Gasteiger charge is 2.26. The van der Waals surface area contributed by atoms with Crippen LogP contribution < -0.4 is 4.90 Å². The van der Waals surface area contributed by atoms with Crippen LogP contribution in [0.3, 0.4) is 0 Å². The van der Waals surface area contributed by atoms with Crippen molar-refractivity contribution in [2.75, 3.05) is 18.0 Å². The number of aliphatic hydroxyl groups excluding tert-OH is 1. The lowest BCUT2D eigenvalue weighted by atomic mass is 9.95. The minimum atomic E-state index is -0.191. The highest BCUT2D eigenvalue weighted by molar-refractivity contribution is 9.10. The van der Waals surface area contributed by atoms with Crippen LogP contribution in [0.15, 0.2) is 10.7 Å². The molecule has 2 heterocycles. The van der Waals surface area contributed by atoms with E-state index in [0.717, 1.165) is 35.8 Å². The summed E-state index contributed by atoms with van der Waals surface area (Å²) >= 11 is 3.47. The average Bonchev–Trinajstić information content (AvgIpc) is 2.31. The van der Waals surface area contributed by atoms with Gasteiger partial charge in [-0.05, 0) is 28.3 Å². The summed E-state index contributed by atoms with van der Waals surface area (Å²) in [5.41, 5.74) is -0.0700. The fraction of sp³-hybridized carbons (Fsp3) is 0.714. The standard InChI is InChI=1S/C14H22BrN3O/c1-9-8-18(6-5-10(9)19)12-7-11(15)16-13(17-12)14(2,3)4/h7,9-10,19H,5-6,8H2,1-4H3. The maximum absolute atomic E-state index is 9.81. The van der Waals surface area contributed by atoms with Crippen molar-refractivity contribution in [1.29, 1.82) is 0 Å². The molecular formula is C14H22BrN3O. The van der Waals surface area contributed by atoms with E-state index in [1.54, 1.807) is 0 Å². The summed E-state index contributed by atoms with van der Waals surface area (Å²) in [6.45, 7) is 10.1. The average molecular weight is 328 g/mol. The van der Waals surface area contributed by atoms with Gasteiger partial charge < -0.3 is 10.0 Å². The number of anilines is 1. The lowest BCUT2D eigenvalue weighted by Gasteiger charge is -2.35. The van der Waals surface area contributed by atoms with E-state index in [4.69, 9.17) is 4.98 Å². The fourth-order valence-corrected chi connectivity index (χ4v) is 2.62. The molecular weight excluding hydrogens is 306 g/mol. The summed E-state index contributed by atoms with van der Waals surface area (Å²) in [5, 5.41) is 9.81. The predicted octanol–water partition coefficient (Wildman–Crippen LogP) is 2.74. The van der Waals surface area contributed by atoms with Gasteiger partial charge in [-0.15, -0.1) is 0 Å². The van der Waals surface area contributed by atoms with Gasteiger partial charge in [0.1, 0.15) is 16.2 Å². The molecule has 2 unspecified atom stereocenters. The first-order valence-corrected chi connectivity index (χ1v) is 7.55. The molecule has 1 saturated heterocycles. The first-order chi connectivity index (χ1) is 8.77. The van der Waals surface area contributed by atoms with Gasteiger partial charge in [0.2, 0.25) is 0 Å². The molecule has 4 nitrogen and oxygen atoms in total. The van der Waals surface area contributed by atoms with Crippen molar-refractivity contribution in [2.24, 2.45) is 5.92 Å². The first-order valence-electron chi connectivity index (χ1n) is 6.75. The van der Waals surface area contributed by atoms with Crippen molar-refractivity contribution in [3.05, 3.63) is 16.5 Å². The number of halogens is 1. The minimum Gasteiger partial charge on any atom is -0.393 e. The minimum absolute atomic E-state index is 0.0700. The number of hydrogen-bond acceptors (Lipinski definition) is 4. The van der Waals surface area contributed by atoms with Crippen LogP contribution in [0.4, 0.5) is 5.82 Å². The number of aromatic nitrogens is 2. The van der Waals surface area contributed by atoms with Gasteiger partial charge >= 0.3 is 0 Å².